The molecule has 0 spiro atoms. The summed E-state index contributed by atoms with van der Waals surface area (Å²) in [7, 11) is 1.76. The highest BCUT2D eigenvalue weighted by atomic mass is 35.5. The molecule has 0 bridgehead atoms. The highest BCUT2D eigenvalue weighted by Crippen LogP contribution is 2.25. The van der Waals surface area contributed by atoms with Crippen molar-refractivity contribution < 1.29 is 9.90 Å². The molecular formula is C11H11ClN2O2. The minimum atomic E-state index is -0.850. The molecule has 1 aromatic carbocycles. The molecule has 0 aromatic heterocycles. The summed E-state index contributed by atoms with van der Waals surface area (Å²) in [5.74, 6) is -0.850. The second kappa shape index (κ2) is 5.38. The number of rotatable bonds is 4. The molecule has 5 heteroatoms. The lowest BCUT2D eigenvalue weighted by molar-refractivity contribution is -0.136. The van der Waals surface area contributed by atoms with Crippen LogP contribution in [0.5, 0.6) is 0 Å². The van der Waals surface area contributed by atoms with Crippen molar-refractivity contribution in [1.82, 2.24) is 0 Å². The molecule has 0 heterocycles. The number of anilines is 1. The second-order valence-corrected chi connectivity index (χ2v) is 3.75. The number of aliphatic carboxylic acids is 1. The van der Waals surface area contributed by atoms with Crippen LogP contribution < -0.4 is 4.90 Å². The van der Waals surface area contributed by atoms with Gasteiger partial charge in [0.25, 0.3) is 0 Å². The fourth-order valence-electron chi connectivity index (χ4n) is 1.27. The Morgan fingerprint density at radius 2 is 2.31 bits per heavy atom. The Morgan fingerprint density at radius 1 is 1.62 bits per heavy atom. The maximum atomic E-state index is 10.4. The summed E-state index contributed by atoms with van der Waals surface area (Å²) in [4.78, 5) is 12.2. The molecule has 4 nitrogen and oxygen atoms in total. The molecule has 0 radical (unpaired) electrons. The maximum Gasteiger partial charge on any atom is 0.305 e. The lowest BCUT2D eigenvalue weighted by atomic mass is 10.2. The van der Waals surface area contributed by atoms with E-state index in [1.807, 2.05) is 6.07 Å². The number of nitriles is 1. The minimum Gasteiger partial charge on any atom is -0.481 e. The van der Waals surface area contributed by atoms with Crippen LogP contribution in [0.4, 0.5) is 5.69 Å². The maximum absolute atomic E-state index is 10.4. The first-order valence-electron chi connectivity index (χ1n) is 4.67. The summed E-state index contributed by atoms with van der Waals surface area (Å²) < 4.78 is 0. The molecule has 0 aliphatic rings. The Kier molecular flexibility index (Phi) is 4.15. The van der Waals surface area contributed by atoms with Crippen LogP contribution in [0.2, 0.25) is 5.02 Å². The molecule has 1 N–H and O–H groups in total. The molecule has 0 aliphatic heterocycles. The van der Waals surface area contributed by atoms with Crippen LogP contribution in [0.15, 0.2) is 18.2 Å². The lowest BCUT2D eigenvalue weighted by Crippen LogP contribution is -2.21. The third kappa shape index (κ3) is 3.14. The Bertz CT molecular complexity index is 440. The van der Waals surface area contributed by atoms with Gasteiger partial charge in [0.1, 0.15) is 0 Å². The van der Waals surface area contributed by atoms with Gasteiger partial charge < -0.3 is 10.0 Å². The molecule has 0 saturated heterocycles. The Hall–Kier alpha value is -1.73. The lowest BCUT2D eigenvalue weighted by Gasteiger charge is -2.19. The molecule has 0 atom stereocenters. The third-order valence-corrected chi connectivity index (χ3v) is 2.45. The van der Waals surface area contributed by atoms with Gasteiger partial charge in [-0.05, 0) is 18.2 Å². The first kappa shape index (κ1) is 12.3. The molecule has 1 aromatic rings. The Labute approximate surface area is 98.7 Å². The van der Waals surface area contributed by atoms with Crippen molar-refractivity contribution in [2.75, 3.05) is 18.5 Å². The third-order valence-electron chi connectivity index (χ3n) is 2.15. The SMILES string of the molecule is CN(CCC(=O)O)c1ccc(C#N)cc1Cl. The number of carboxylic acids is 1. The van der Waals surface area contributed by atoms with Crippen LogP contribution in [-0.4, -0.2) is 24.7 Å². The van der Waals surface area contributed by atoms with E-state index >= 15 is 0 Å². The smallest absolute Gasteiger partial charge is 0.305 e. The normalized spacial score (nSPS) is 9.56. The standard InChI is InChI=1S/C11H11ClN2O2/c1-14(5-4-11(15)16)10-3-2-8(7-13)6-9(10)12/h2-3,6H,4-5H2,1H3,(H,15,16). The number of nitrogens with zero attached hydrogens (tertiary/aromatic N) is 2. The van der Waals surface area contributed by atoms with E-state index in [9.17, 15) is 4.79 Å². The van der Waals surface area contributed by atoms with Crippen molar-refractivity contribution >= 4 is 23.3 Å². The van der Waals surface area contributed by atoms with E-state index < -0.39 is 5.97 Å². The van der Waals surface area contributed by atoms with Gasteiger partial charge in [0, 0.05) is 13.6 Å². The monoisotopic (exact) mass is 238 g/mol. The van der Waals surface area contributed by atoms with Gasteiger partial charge >= 0.3 is 5.97 Å². The number of hydrogen-bond acceptors (Lipinski definition) is 3. The number of carboxylic acid groups (broad SMARTS) is 1. The van der Waals surface area contributed by atoms with Gasteiger partial charge in [-0.1, -0.05) is 11.6 Å². The van der Waals surface area contributed by atoms with Crippen molar-refractivity contribution in [3.05, 3.63) is 28.8 Å². The van der Waals surface area contributed by atoms with Crippen molar-refractivity contribution in [2.45, 2.75) is 6.42 Å². The van der Waals surface area contributed by atoms with E-state index in [0.29, 0.717) is 17.1 Å². The average Bonchev–Trinajstić information content (AvgIpc) is 2.25. The van der Waals surface area contributed by atoms with Gasteiger partial charge in [-0.3, -0.25) is 4.79 Å². The molecule has 1 rings (SSSR count). The van der Waals surface area contributed by atoms with Gasteiger partial charge in [-0.25, -0.2) is 0 Å². The summed E-state index contributed by atoms with van der Waals surface area (Å²) in [6, 6.07) is 6.91. The summed E-state index contributed by atoms with van der Waals surface area (Å²) in [6.07, 6.45) is 0.0484. The predicted octanol–water partition coefficient (Wildman–Crippen LogP) is 2.12. The molecule has 0 saturated carbocycles. The first-order valence-corrected chi connectivity index (χ1v) is 5.05. The van der Waals surface area contributed by atoms with Gasteiger partial charge in [-0.15, -0.1) is 0 Å². The zero-order valence-corrected chi connectivity index (χ0v) is 9.53. The van der Waals surface area contributed by atoms with E-state index in [2.05, 4.69) is 0 Å². The van der Waals surface area contributed by atoms with Crippen LogP contribution in [0.3, 0.4) is 0 Å². The zero-order valence-electron chi connectivity index (χ0n) is 8.77. The molecule has 0 fully saturated rings. The highest BCUT2D eigenvalue weighted by Gasteiger charge is 2.08. The molecule has 84 valence electrons. The van der Waals surface area contributed by atoms with Crippen molar-refractivity contribution in [3.8, 4) is 6.07 Å². The Morgan fingerprint density at radius 3 is 2.81 bits per heavy atom. The molecule has 0 unspecified atom stereocenters. The minimum absolute atomic E-state index is 0.0484. The molecule has 0 amide bonds. The van der Waals surface area contributed by atoms with E-state index in [1.54, 1.807) is 30.1 Å². The summed E-state index contributed by atoms with van der Waals surface area (Å²) in [5, 5.41) is 17.7. The largest absolute Gasteiger partial charge is 0.481 e. The van der Waals surface area contributed by atoms with Crippen molar-refractivity contribution in [2.24, 2.45) is 0 Å². The number of hydrogen-bond donors (Lipinski definition) is 1. The molecular weight excluding hydrogens is 228 g/mol. The highest BCUT2D eigenvalue weighted by molar-refractivity contribution is 6.33. The average molecular weight is 239 g/mol. The fraction of sp³-hybridized carbons (Fsp3) is 0.273. The molecule has 16 heavy (non-hydrogen) atoms. The van der Waals surface area contributed by atoms with Gasteiger partial charge in [-0.2, -0.15) is 5.26 Å². The van der Waals surface area contributed by atoms with Crippen LogP contribution >= 0.6 is 11.6 Å². The van der Waals surface area contributed by atoms with E-state index in [0.717, 1.165) is 5.69 Å². The van der Waals surface area contributed by atoms with E-state index in [1.165, 1.54) is 0 Å². The van der Waals surface area contributed by atoms with Crippen molar-refractivity contribution in [1.29, 1.82) is 5.26 Å². The van der Waals surface area contributed by atoms with Crippen LogP contribution in [0.25, 0.3) is 0 Å². The van der Waals surface area contributed by atoms with Crippen LogP contribution in [-0.2, 0) is 4.79 Å². The summed E-state index contributed by atoms with van der Waals surface area (Å²) >= 11 is 5.98. The first-order chi connectivity index (χ1) is 7.54. The van der Waals surface area contributed by atoms with E-state index in [-0.39, 0.29) is 6.42 Å². The van der Waals surface area contributed by atoms with Gasteiger partial charge in [0.05, 0.1) is 28.8 Å². The number of halogens is 1. The van der Waals surface area contributed by atoms with Crippen molar-refractivity contribution in [3.63, 3.8) is 0 Å². The topological polar surface area (TPSA) is 64.3 Å². The zero-order chi connectivity index (χ0) is 12.1. The van der Waals surface area contributed by atoms with E-state index in [4.69, 9.17) is 22.0 Å². The van der Waals surface area contributed by atoms with Crippen LogP contribution in [0.1, 0.15) is 12.0 Å². The second-order valence-electron chi connectivity index (χ2n) is 3.34. The summed E-state index contributed by atoms with van der Waals surface area (Å²) in [5.41, 5.74) is 1.21. The molecule has 0 aliphatic carbocycles. The Balaban J connectivity index is 2.80. The number of carbonyl (C=O) groups is 1. The fourth-order valence-corrected chi connectivity index (χ4v) is 1.59. The quantitative estimate of drug-likeness (QED) is 0.873. The summed E-state index contributed by atoms with van der Waals surface area (Å²) in [6.45, 7) is 0.376. The number of benzene rings is 1. The van der Waals surface area contributed by atoms with Crippen LogP contribution in [0, 0.1) is 11.3 Å². The van der Waals surface area contributed by atoms with Gasteiger partial charge in [0.2, 0.25) is 0 Å². The predicted molar refractivity (Wildman–Crippen MR) is 61.7 cm³/mol. The van der Waals surface area contributed by atoms with Gasteiger partial charge in [0.15, 0.2) is 0 Å².